The molecule has 1 unspecified atom stereocenters. The maximum Gasteiger partial charge on any atom is 0.218 e. The van der Waals surface area contributed by atoms with Crippen LogP contribution in [-0.4, -0.2) is 54.2 Å². The second kappa shape index (κ2) is 7.07. The number of nitrogens with zero attached hydrogens (tertiary/aromatic N) is 4. The first-order valence-corrected chi connectivity index (χ1v) is 8.27. The SMILES string of the molecule is CCOc1cc(N2CCC(CN3CCCCC3)C2)ncn1. The Morgan fingerprint density at radius 1 is 1.19 bits per heavy atom. The zero-order chi connectivity index (χ0) is 14.5. The monoisotopic (exact) mass is 290 g/mol. The molecule has 116 valence electrons. The van der Waals surface area contributed by atoms with Crippen molar-refractivity contribution in [3.05, 3.63) is 12.4 Å². The van der Waals surface area contributed by atoms with Gasteiger partial charge in [0.05, 0.1) is 6.61 Å². The summed E-state index contributed by atoms with van der Waals surface area (Å²) in [5.74, 6) is 2.46. The van der Waals surface area contributed by atoms with Crippen molar-refractivity contribution in [2.24, 2.45) is 5.92 Å². The van der Waals surface area contributed by atoms with Crippen molar-refractivity contribution in [1.82, 2.24) is 14.9 Å². The van der Waals surface area contributed by atoms with Crippen molar-refractivity contribution in [3.63, 3.8) is 0 Å². The van der Waals surface area contributed by atoms with Gasteiger partial charge in [-0.25, -0.2) is 9.97 Å². The number of rotatable bonds is 5. The fourth-order valence-corrected chi connectivity index (χ4v) is 3.43. The predicted molar refractivity (Wildman–Crippen MR) is 83.8 cm³/mol. The van der Waals surface area contributed by atoms with Crippen LogP contribution in [0.15, 0.2) is 12.4 Å². The van der Waals surface area contributed by atoms with Crippen molar-refractivity contribution < 1.29 is 4.74 Å². The Morgan fingerprint density at radius 3 is 2.86 bits per heavy atom. The highest BCUT2D eigenvalue weighted by Crippen LogP contribution is 2.25. The van der Waals surface area contributed by atoms with E-state index in [4.69, 9.17) is 4.74 Å². The van der Waals surface area contributed by atoms with Gasteiger partial charge in [-0.3, -0.25) is 0 Å². The molecule has 0 bridgehead atoms. The van der Waals surface area contributed by atoms with Gasteiger partial charge in [0.2, 0.25) is 5.88 Å². The third kappa shape index (κ3) is 3.84. The van der Waals surface area contributed by atoms with Crippen molar-refractivity contribution >= 4 is 5.82 Å². The maximum atomic E-state index is 5.47. The van der Waals surface area contributed by atoms with Crippen molar-refractivity contribution in [1.29, 1.82) is 0 Å². The zero-order valence-corrected chi connectivity index (χ0v) is 13.0. The lowest BCUT2D eigenvalue weighted by atomic mass is 10.1. The molecule has 0 saturated carbocycles. The molecule has 0 amide bonds. The molecule has 2 aliphatic rings. The van der Waals surface area contributed by atoms with Gasteiger partial charge in [-0.1, -0.05) is 6.42 Å². The Morgan fingerprint density at radius 2 is 2.05 bits per heavy atom. The van der Waals surface area contributed by atoms with Crippen LogP contribution in [0.1, 0.15) is 32.6 Å². The van der Waals surface area contributed by atoms with Gasteiger partial charge in [-0.15, -0.1) is 0 Å². The molecule has 1 aromatic rings. The van der Waals surface area contributed by atoms with Crippen LogP contribution in [0.5, 0.6) is 5.88 Å². The molecule has 5 heteroatoms. The second-order valence-electron chi connectivity index (χ2n) is 6.11. The van der Waals surface area contributed by atoms with E-state index in [1.807, 2.05) is 13.0 Å². The fourth-order valence-electron chi connectivity index (χ4n) is 3.43. The summed E-state index contributed by atoms with van der Waals surface area (Å²) >= 11 is 0. The van der Waals surface area contributed by atoms with E-state index in [0.717, 1.165) is 24.8 Å². The third-order valence-corrected chi connectivity index (χ3v) is 4.49. The molecule has 3 rings (SSSR count). The van der Waals surface area contributed by atoms with Gasteiger partial charge in [0.15, 0.2) is 0 Å². The number of piperidine rings is 1. The third-order valence-electron chi connectivity index (χ3n) is 4.49. The van der Waals surface area contributed by atoms with Crippen LogP contribution in [-0.2, 0) is 0 Å². The second-order valence-corrected chi connectivity index (χ2v) is 6.11. The predicted octanol–water partition coefficient (Wildman–Crippen LogP) is 2.19. The lowest BCUT2D eigenvalue weighted by Gasteiger charge is -2.29. The Kier molecular flexibility index (Phi) is 4.91. The standard InChI is InChI=1S/C16H26N4O/c1-2-21-16-10-15(17-13-18-16)20-9-6-14(12-20)11-19-7-4-3-5-8-19/h10,13-14H,2-9,11-12H2,1H3. The Balaban J connectivity index is 1.54. The number of likely N-dealkylation sites (tertiary alicyclic amines) is 1. The van der Waals surface area contributed by atoms with Gasteiger partial charge < -0.3 is 14.5 Å². The van der Waals surface area contributed by atoms with Crippen molar-refractivity contribution in [2.75, 3.05) is 44.2 Å². The van der Waals surface area contributed by atoms with E-state index in [2.05, 4.69) is 19.8 Å². The fraction of sp³-hybridized carbons (Fsp3) is 0.750. The minimum absolute atomic E-state index is 0.647. The summed E-state index contributed by atoms with van der Waals surface area (Å²) in [5.41, 5.74) is 0. The average molecular weight is 290 g/mol. The lowest BCUT2D eigenvalue weighted by molar-refractivity contribution is 0.201. The molecule has 2 saturated heterocycles. The van der Waals surface area contributed by atoms with Crippen LogP contribution >= 0.6 is 0 Å². The molecule has 3 heterocycles. The van der Waals surface area contributed by atoms with Crippen molar-refractivity contribution in [2.45, 2.75) is 32.6 Å². The van der Waals surface area contributed by atoms with Crippen LogP contribution in [0.25, 0.3) is 0 Å². The van der Waals surface area contributed by atoms with E-state index in [-0.39, 0.29) is 0 Å². The molecule has 0 aromatic carbocycles. The highest BCUT2D eigenvalue weighted by molar-refractivity contribution is 5.41. The molecule has 0 N–H and O–H groups in total. The first-order chi connectivity index (χ1) is 10.3. The number of ether oxygens (including phenoxy) is 1. The first-order valence-electron chi connectivity index (χ1n) is 8.27. The summed E-state index contributed by atoms with van der Waals surface area (Å²) in [5, 5.41) is 0. The molecule has 0 spiro atoms. The Hall–Kier alpha value is -1.36. The Labute approximate surface area is 127 Å². The smallest absolute Gasteiger partial charge is 0.218 e. The van der Waals surface area contributed by atoms with Gasteiger partial charge in [0.25, 0.3) is 0 Å². The van der Waals surface area contributed by atoms with Crippen LogP contribution < -0.4 is 9.64 Å². The Bertz CT molecular complexity index is 448. The molecule has 5 nitrogen and oxygen atoms in total. The summed E-state index contributed by atoms with van der Waals surface area (Å²) in [6, 6.07) is 1.97. The molecule has 0 aliphatic carbocycles. The van der Waals surface area contributed by atoms with Crippen LogP contribution in [0.4, 0.5) is 5.82 Å². The summed E-state index contributed by atoms with van der Waals surface area (Å²) in [6.07, 6.45) is 7.04. The molecule has 2 fully saturated rings. The topological polar surface area (TPSA) is 41.5 Å². The van der Waals surface area contributed by atoms with Crippen LogP contribution in [0, 0.1) is 5.92 Å². The van der Waals surface area contributed by atoms with Crippen LogP contribution in [0.3, 0.4) is 0 Å². The number of hydrogen-bond acceptors (Lipinski definition) is 5. The van der Waals surface area contributed by atoms with Gasteiger partial charge in [-0.2, -0.15) is 0 Å². The number of anilines is 1. The molecule has 2 aliphatic heterocycles. The molecule has 1 atom stereocenters. The molecule has 1 aromatic heterocycles. The largest absolute Gasteiger partial charge is 0.478 e. The summed E-state index contributed by atoms with van der Waals surface area (Å²) in [4.78, 5) is 13.6. The number of hydrogen-bond donors (Lipinski definition) is 0. The summed E-state index contributed by atoms with van der Waals surface area (Å²) in [6.45, 7) is 8.66. The van der Waals surface area contributed by atoms with Gasteiger partial charge in [0, 0.05) is 25.7 Å². The minimum Gasteiger partial charge on any atom is -0.478 e. The van der Waals surface area contributed by atoms with E-state index in [9.17, 15) is 0 Å². The molecular formula is C16H26N4O. The number of aromatic nitrogens is 2. The van der Waals surface area contributed by atoms with Gasteiger partial charge in [-0.05, 0) is 45.2 Å². The van der Waals surface area contributed by atoms with E-state index < -0.39 is 0 Å². The highest BCUT2D eigenvalue weighted by atomic mass is 16.5. The van der Waals surface area contributed by atoms with Gasteiger partial charge in [0.1, 0.15) is 12.1 Å². The van der Waals surface area contributed by atoms with Gasteiger partial charge >= 0.3 is 0 Å². The van der Waals surface area contributed by atoms with Crippen LogP contribution in [0.2, 0.25) is 0 Å². The first kappa shape index (κ1) is 14.6. The molecule has 21 heavy (non-hydrogen) atoms. The summed E-state index contributed by atoms with van der Waals surface area (Å²) < 4.78 is 5.47. The van der Waals surface area contributed by atoms with Crippen molar-refractivity contribution in [3.8, 4) is 5.88 Å². The zero-order valence-electron chi connectivity index (χ0n) is 13.0. The minimum atomic E-state index is 0.647. The lowest BCUT2D eigenvalue weighted by Crippen LogP contribution is -2.35. The quantitative estimate of drug-likeness (QED) is 0.831. The average Bonchev–Trinajstić information content (AvgIpc) is 2.97. The van der Waals surface area contributed by atoms with E-state index in [1.165, 1.54) is 45.3 Å². The molecular weight excluding hydrogens is 264 g/mol. The normalized spacial score (nSPS) is 23.5. The highest BCUT2D eigenvalue weighted by Gasteiger charge is 2.26. The molecule has 0 radical (unpaired) electrons. The maximum absolute atomic E-state index is 5.47. The van der Waals surface area contributed by atoms with E-state index in [0.29, 0.717) is 12.5 Å². The summed E-state index contributed by atoms with van der Waals surface area (Å²) in [7, 11) is 0. The van der Waals surface area contributed by atoms with E-state index in [1.54, 1.807) is 6.33 Å². The van der Waals surface area contributed by atoms with E-state index >= 15 is 0 Å².